The molecule has 0 aromatic rings. The van der Waals surface area contributed by atoms with Crippen LogP contribution in [-0.4, -0.2) is 69.5 Å². The Bertz CT molecular complexity index is 436. The molecule has 7 nitrogen and oxygen atoms in total. The fraction of sp³-hybridized carbons (Fsp3) is 0.905. The molecule has 3 N–H and O–H groups in total. The summed E-state index contributed by atoms with van der Waals surface area (Å²) in [5.41, 5.74) is -0.437. The van der Waals surface area contributed by atoms with Crippen LogP contribution >= 0.6 is 34.2 Å². The second-order valence-electron chi connectivity index (χ2n) is 9.17. The molecule has 0 aromatic carbocycles. The molecular formula is C21H45NO6S3. The first-order chi connectivity index (χ1) is 14.0. The van der Waals surface area contributed by atoms with Crippen LogP contribution in [0.5, 0.6) is 0 Å². The lowest BCUT2D eigenvalue weighted by atomic mass is 10.1. The molecule has 0 unspecified atom stereocenters. The third kappa shape index (κ3) is 58.7. The second kappa shape index (κ2) is 23.0. The number of ether oxygens (including phenoxy) is 1. The minimum atomic E-state index is -0.392. The highest BCUT2D eigenvalue weighted by molar-refractivity contribution is 8.77. The van der Waals surface area contributed by atoms with E-state index in [2.05, 4.69) is 38.7 Å². The highest BCUT2D eigenvalue weighted by Gasteiger charge is 2.18. The second-order valence-corrected chi connectivity index (χ2v) is 12.9. The van der Waals surface area contributed by atoms with E-state index < -0.39 is 5.60 Å². The Balaban J connectivity index is -0.000000178. The summed E-state index contributed by atoms with van der Waals surface area (Å²) >= 11 is 3.84. The standard InChI is InChI=1S/C10H21NO2.C7H16OS2.C3H8OS.CO2/c1-9(2,3)11-7-8(12)13-10(4,5)6;1-7(2,3)10-9-6-4-5-8;4-2-1-3-5;2-1-3/h11H,7H2,1-6H3;8H,4-6H2,1-3H3;4-5H,1-3H2;. The fourth-order valence-electron chi connectivity index (χ4n) is 1.13. The number of esters is 1. The first-order valence-corrected chi connectivity index (χ1v) is 13.0. The third-order valence-corrected chi connectivity index (χ3v) is 5.94. The van der Waals surface area contributed by atoms with E-state index in [-0.39, 0.29) is 30.8 Å². The van der Waals surface area contributed by atoms with Crippen molar-refractivity contribution in [2.45, 2.75) is 91.0 Å². The maximum absolute atomic E-state index is 11.2. The summed E-state index contributed by atoms with van der Waals surface area (Å²) in [5, 5.41) is 19.6. The quantitative estimate of drug-likeness (QED) is 0.169. The van der Waals surface area contributed by atoms with Gasteiger partial charge in [0.05, 0.1) is 6.54 Å². The average molecular weight is 504 g/mol. The number of aliphatic hydroxyl groups is 2. The van der Waals surface area contributed by atoms with Gasteiger partial charge in [-0.25, -0.2) is 0 Å². The van der Waals surface area contributed by atoms with Crippen molar-refractivity contribution < 1.29 is 29.3 Å². The van der Waals surface area contributed by atoms with Gasteiger partial charge < -0.3 is 20.3 Å². The van der Waals surface area contributed by atoms with Gasteiger partial charge in [0.25, 0.3) is 0 Å². The molecule has 188 valence electrons. The lowest BCUT2D eigenvalue weighted by molar-refractivity contribution is -0.191. The van der Waals surface area contributed by atoms with Crippen LogP contribution in [0, 0.1) is 0 Å². The predicted molar refractivity (Wildman–Crippen MR) is 136 cm³/mol. The number of nitrogens with one attached hydrogen (secondary N) is 1. The van der Waals surface area contributed by atoms with Crippen LogP contribution in [0.2, 0.25) is 0 Å². The SMILES string of the molecule is CC(C)(C)NCC(=O)OC(C)(C)C.CC(C)(C)SSCCCO.O=C=O.OCCCS. The molecule has 0 fully saturated rings. The number of aliphatic hydroxyl groups excluding tert-OH is 2. The van der Waals surface area contributed by atoms with Crippen molar-refractivity contribution in [2.75, 3.05) is 31.3 Å². The van der Waals surface area contributed by atoms with Gasteiger partial charge in [-0.1, -0.05) is 42.4 Å². The number of hydrogen-bond donors (Lipinski definition) is 4. The average Bonchev–Trinajstić information content (AvgIpc) is 2.57. The van der Waals surface area contributed by atoms with Crippen LogP contribution < -0.4 is 5.32 Å². The third-order valence-electron chi connectivity index (χ3n) is 2.19. The number of carbonyl (C=O) groups is 1. The molecule has 0 heterocycles. The lowest BCUT2D eigenvalue weighted by Gasteiger charge is -2.23. The molecule has 0 atom stereocenters. The van der Waals surface area contributed by atoms with Gasteiger partial charge >= 0.3 is 12.1 Å². The van der Waals surface area contributed by atoms with E-state index in [4.69, 9.17) is 24.5 Å². The zero-order chi connectivity index (χ0) is 25.6. The Morgan fingerprint density at radius 1 is 0.968 bits per heavy atom. The zero-order valence-electron chi connectivity index (χ0n) is 20.7. The molecule has 0 amide bonds. The smallest absolute Gasteiger partial charge is 0.373 e. The van der Waals surface area contributed by atoms with Crippen molar-refractivity contribution in [3.63, 3.8) is 0 Å². The molecule has 0 bridgehead atoms. The van der Waals surface area contributed by atoms with E-state index in [1.54, 1.807) is 0 Å². The highest BCUT2D eigenvalue weighted by atomic mass is 33.1. The monoisotopic (exact) mass is 503 g/mol. The molecule has 0 radical (unpaired) electrons. The van der Waals surface area contributed by atoms with E-state index in [9.17, 15) is 4.79 Å². The van der Waals surface area contributed by atoms with Gasteiger partial charge in [-0.3, -0.25) is 4.79 Å². The maximum Gasteiger partial charge on any atom is 0.373 e. The van der Waals surface area contributed by atoms with Crippen LogP contribution in [-0.2, 0) is 19.1 Å². The molecule has 10 heteroatoms. The largest absolute Gasteiger partial charge is 0.459 e. The Morgan fingerprint density at radius 3 is 1.68 bits per heavy atom. The molecule has 0 aliphatic heterocycles. The van der Waals surface area contributed by atoms with Crippen LogP contribution in [0.25, 0.3) is 0 Å². The van der Waals surface area contributed by atoms with Gasteiger partial charge in [0.1, 0.15) is 5.60 Å². The number of thiol groups is 1. The van der Waals surface area contributed by atoms with Gasteiger partial charge in [0.2, 0.25) is 0 Å². The Kier molecular flexibility index (Phi) is 28.2. The molecule has 0 aliphatic carbocycles. The van der Waals surface area contributed by atoms with E-state index in [1.165, 1.54) is 0 Å². The maximum atomic E-state index is 11.2. The minimum absolute atomic E-state index is 0.0447. The summed E-state index contributed by atoms with van der Waals surface area (Å²) in [6.45, 7) is 19.1. The summed E-state index contributed by atoms with van der Waals surface area (Å²) in [6.07, 6.45) is 1.97. The van der Waals surface area contributed by atoms with Gasteiger partial charge in [0.15, 0.2) is 0 Å². The first-order valence-electron chi connectivity index (χ1n) is 10.1. The molecule has 0 aromatic heterocycles. The molecule has 0 saturated carbocycles. The van der Waals surface area contributed by atoms with Crippen LogP contribution in [0.3, 0.4) is 0 Å². The molecule has 31 heavy (non-hydrogen) atoms. The number of hydrogen-bond acceptors (Lipinski definition) is 10. The Hall–Kier alpha value is -0.220. The normalized spacial score (nSPS) is 10.8. The van der Waals surface area contributed by atoms with Crippen molar-refractivity contribution in [3.05, 3.63) is 0 Å². The summed E-state index contributed by atoms with van der Waals surface area (Å²) in [6, 6.07) is 0. The zero-order valence-corrected chi connectivity index (χ0v) is 23.3. The molecular weight excluding hydrogens is 458 g/mol. The predicted octanol–water partition coefficient (Wildman–Crippen LogP) is 3.98. The van der Waals surface area contributed by atoms with Crippen LogP contribution in [0.15, 0.2) is 0 Å². The van der Waals surface area contributed by atoms with Gasteiger partial charge in [0, 0.05) is 29.3 Å². The fourth-order valence-corrected chi connectivity index (χ4v) is 3.62. The van der Waals surface area contributed by atoms with E-state index >= 15 is 0 Å². The Morgan fingerprint density at radius 2 is 1.42 bits per heavy atom. The first kappa shape index (κ1) is 38.1. The summed E-state index contributed by atoms with van der Waals surface area (Å²) in [7, 11) is 3.72. The summed E-state index contributed by atoms with van der Waals surface area (Å²) in [4.78, 5) is 27.5. The Labute approximate surface area is 203 Å². The molecule has 0 saturated heterocycles. The minimum Gasteiger partial charge on any atom is -0.459 e. The van der Waals surface area contributed by atoms with Crippen molar-refractivity contribution in [1.29, 1.82) is 0 Å². The van der Waals surface area contributed by atoms with Crippen molar-refractivity contribution in [2.24, 2.45) is 0 Å². The topological polar surface area (TPSA) is 113 Å². The van der Waals surface area contributed by atoms with Crippen molar-refractivity contribution >= 4 is 46.3 Å². The number of carbonyl (C=O) groups excluding carboxylic acids is 3. The van der Waals surface area contributed by atoms with Crippen molar-refractivity contribution in [3.8, 4) is 0 Å². The molecule has 0 rings (SSSR count). The summed E-state index contributed by atoms with van der Waals surface area (Å²) < 4.78 is 5.48. The van der Waals surface area contributed by atoms with Gasteiger partial charge in [-0.05, 0) is 60.1 Å². The van der Waals surface area contributed by atoms with Gasteiger partial charge in [-0.15, -0.1) is 0 Å². The van der Waals surface area contributed by atoms with E-state index in [1.807, 2.05) is 63.1 Å². The number of rotatable bonds is 8. The molecule has 0 aliphatic rings. The van der Waals surface area contributed by atoms with Gasteiger partial charge in [-0.2, -0.15) is 22.2 Å². The summed E-state index contributed by atoms with van der Waals surface area (Å²) in [5.74, 6) is 1.64. The van der Waals surface area contributed by atoms with Crippen molar-refractivity contribution in [1.82, 2.24) is 5.32 Å². The highest BCUT2D eigenvalue weighted by Crippen LogP contribution is 2.34. The van der Waals surface area contributed by atoms with Crippen LogP contribution in [0.4, 0.5) is 0 Å². The molecule has 0 spiro atoms. The van der Waals surface area contributed by atoms with Crippen LogP contribution in [0.1, 0.15) is 75.2 Å². The van der Waals surface area contributed by atoms with E-state index in [0.29, 0.717) is 11.4 Å². The van der Waals surface area contributed by atoms with E-state index in [0.717, 1.165) is 24.3 Å². The lowest BCUT2D eigenvalue weighted by Crippen LogP contribution is -2.41.